The standard InChI is InChI=1S/C13H15N3O3S3/c1-6-9(11(18)19-3)7(2)14-10(6)8(17)5-21-13-16-15-12(20-4)22-13/h14H,5H2,1-4H3. The van der Waals surface area contributed by atoms with Crippen LogP contribution in [0, 0.1) is 13.8 Å². The van der Waals surface area contributed by atoms with E-state index < -0.39 is 5.97 Å². The molecule has 0 saturated heterocycles. The number of esters is 1. The van der Waals surface area contributed by atoms with Gasteiger partial charge in [-0.3, -0.25) is 4.79 Å². The maximum atomic E-state index is 12.3. The van der Waals surface area contributed by atoms with E-state index in [1.807, 2.05) is 6.26 Å². The largest absolute Gasteiger partial charge is 0.465 e. The van der Waals surface area contributed by atoms with Gasteiger partial charge in [0, 0.05) is 5.69 Å². The minimum absolute atomic E-state index is 0.0818. The first-order valence-corrected chi connectivity index (χ1v) is 9.31. The highest BCUT2D eigenvalue weighted by molar-refractivity contribution is 8.03. The molecule has 0 aliphatic heterocycles. The number of hydrogen-bond donors (Lipinski definition) is 1. The van der Waals surface area contributed by atoms with Crippen LogP contribution in [0.3, 0.4) is 0 Å². The summed E-state index contributed by atoms with van der Waals surface area (Å²) < 4.78 is 6.37. The molecule has 22 heavy (non-hydrogen) atoms. The third-order valence-corrected chi connectivity index (χ3v) is 6.03. The molecular weight excluding hydrogens is 342 g/mol. The number of ketones is 1. The molecule has 0 bridgehead atoms. The molecule has 0 amide bonds. The number of aromatic nitrogens is 3. The molecule has 0 saturated carbocycles. The number of Topliss-reactive ketones (excluding diaryl/α,β-unsaturated/α-hetero) is 1. The van der Waals surface area contributed by atoms with Gasteiger partial charge in [0.05, 0.1) is 24.1 Å². The number of rotatable bonds is 6. The molecule has 1 N–H and O–H groups in total. The van der Waals surface area contributed by atoms with Crippen molar-refractivity contribution in [3.05, 3.63) is 22.5 Å². The summed E-state index contributed by atoms with van der Waals surface area (Å²) in [7, 11) is 1.32. The van der Waals surface area contributed by atoms with E-state index in [2.05, 4.69) is 15.2 Å². The van der Waals surface area contributed by atoms with E-state index >= 15 is 0 Å². The SMILES string of the molecule is COC(=O)c1c(C)[nH]c(C(=O)CSc2nnc(SC)s2)c1C. The fourth-order valence-electron chi connectivity index (χ4n) is 1.97. The number of nitrogens with zero attached hydrogens (tertiary/aromatic N) is 2. The number of ether oxygens (including phenoxy) is 1. The summed E-state index contributed by atoms with van der Waals surface area (Å²) in [5, 5.41) is 8.00. The lowest BCUT2D eigenvalue weighted by Gasteiger charge is -2.00. The van der Waals surface area contributed by atoms with Gasteiger partial charge in [-0.25, -0.2) is 4.79 Å². The molecule has 0 aliphatic carbocycles. The quantitative estimate of drug-likeness (QED) is 0.483. The zero-order chi connectivity index (χ0) is 16.3. The molecule has 2 rings (SSSR count). The first-order valence-electron chi connectivity index (χ1n) is 6.28. The van der Waals surface area contributed by atoms with E-state index in [0.29, 0.717) is 22.5 Å². The van der Waals surface area contributed by atoms with Gasteiger partial charge in [0.2, 0.25) is 0 Å². The van der Waals surface area contributed by atoms with Crippen LogP contribution in [0.25, 0.3) is 0 Å². The van der Waals surface area contributed by atoms with Crippen LogP contribution < -0.4 is 0 Å². The highest BCUT2D eigenvalue weighted by Crippen LogP contribution is 2.28. The average molecular weight is 357 g/mol. The number of carbonyl (C=O) groups excluding carboxylic acids is 2. The second-order valence-corrected chi connectivity index (χ2v) is 7.62. The molecule has 0 aliphatic rings. The van der Waals surface area contributed by atoms with Gasteiger partial charge in [-0.2, -0.15) is 0 Å². The van der Waals surface area contributed by atoms with Crippen molar-refractivity contribution in [2.75, 3.05) is 19.1 Å². The lowest BCUT2D eigenvalue weighted by atomic mass is 10.1. The predicted molar refractivity (Wildman–Crippen MR) is 88.4 cm³/mol. The number of aryl methyl sites for hydroxylation is 1. The Hall–Kier alpha value is -1.32. The van der Waals surface area contributed by atoms with Crippen LogP contribution in [0.2, 0.25) is 0 Å². The van der Waals surface area contributed by atoms with Crippen LogP contribution in [-0.2, 0) is 4.74 Å². The molecule has 2 aromatic rings. The summed E-state index contributed by atoms with van der Waals surface area (Å²) in [6, 6.07) is 0. The number of methoxy groups -OCH3 is 1. The van der Waals surface area contributed by atoms with Gasteiger partial charge in [-0.1, -0.05) is 34.9 Å². The predicted octanol–water partition coefficient (Wildman–Crippen LogP) is 2.97. The Morgan fingerprint density at radius 3 is 2.55 bits per heavy atom. The van der Waals surface area contributed by atoms with Gasteiger partial charge >= 0.3 is 5.97 Å². The Morgan fingerprint density at radius 1 is 1.27 bits per heavy atom. The minimum atomic E-state index is -0.438. The number of hydrogen-bond acceptors (Lipinski definition) is 8. The van der Waals surface area contributed by atoms with Crippen molar-refractivity contribution in [3.63, 3.8) is 0 Å². The Kier molecular flexibility index (Phi) is 5.65. The summed E-state index contributed by atoms with van der Waals surface area (Å²) in [6.07, 6.45) is 1.93. The van der Waals surface area contributed by atoms with E-state index in [9.17, 15) is 9.59 Å². The van der Waals surface area contributed by atoms with Crippen LogP contribution >= 0.6 is 34.9 Å². The van der Waals surface area contributed by atoms with Gasteiger partial charge in [0.1, 0.15) is 0 Å². The molecule has 0 spiro atoms. The van der Waals surface area contributed by atoms with Gasteiger partial charge in [0.15, 0.2) is 14.5 Å². The van der Waals surface area contributed by atoms with Crippen molar-refractivity contribution in [1.82, 2.24) is 15.2 Å². The topological polar surface area (TPSA) is 84.9 Å². The molecule has 0 aromatic carbocycles. The summed E-state index contributed by atoms with van der Waals surface area (Å²) in [6.45, 7) is 3.49. The van der Waals surface area contributed by atoms with Crippen molar-refractivity contribution in [2.24, 2.45) is 0 Å². The molecule has 9 heteroatoms. The Bertz CT molecular complexity index is 709. The van der Waals surface area contributed by atoms with Crippen molar-refractivity contribution < 1.29 is 14.3 Å². The third-order valence-electron chi connectivity index (χ3n) is 3.00. The highest BCUT2D eigenvalue weighted by atomic mass is 32.2. The van der Waals surface area contributed by atoms with Crippen LogP contribution in [0.15, 0.2) is 8.68 Å². The summed E-state index contributed by atoms with van der Waals surface area (Å²) >= 11 is 4.32. The molecular formula is C13H15N3O3S3. The zero-order valence-electron chi connectivity index (χ0n) is 12.6. The molecule has 0 atom stereocenters. The Balaban J connectivity index is 2.11. The summed E-state index contributed by atoms with van der Waals surface area (Å²) in [5.74, 6) is -0.280. The van der Waals surface area contributed by atoms with Crippen LogP contribution in [0.4, 0.5) is 0 Å². The molecule has 2 aromatic heterocycles. The van der Waals surface area contributed by atoms with Gasteiger partial charge in [-0.15, -0.1) is 10.2 Å². The van der Waals surface area contributed by atoms with Crippen LogP contribution in [0.5, 0.6) is 0 Å². The van der Waals surface area contributed by atoms with E-state index in [0.717, 1.165) is 8.68 Å². The Morgan fingerprint density at radius 2 is 1.95 bits per heavy atom. The summed E-state index contributed by atoms with van der Waals surface area (Å²) in [4.78, 5) is 27.0. The van der Waals surface area contributed by atoms with Crippen LogP contribution in [-0.4, -0.2) is 46.1 Å². The van der Waals surface area contributed by atoms with Crippen molar-refractivity contribution in [3.8, 4) is 0 Å². The molecule has 0 fully saturated rings. The number of H-pyrrole nitrogens is 1. The fraction of sp³-hybridized carbons (Fsp3) is 0.385. The van der Waals surface area contributed by atoms with Crippen molar-refractivity contribution in [1.29, 1.82) is 0 Å². The first-order chi connectivity index (χ1) is 10.5. The molecule has 2 heterocycles. The lowest BCUT2D eigenvalue weighted by Crippen LogP contribution is -2.07. The number of thioether (sulfide) groups is 2. The lowest BCUT2D eigenvalue weighted by molar-refractivity contribution is 0.0599. The number of aromatic amines is 1. The van der Waals surface area contributed by atoms with E-state index in [1.165, 1.54) is 42.0 Å². The molecule has 118 valence electrons. The second kappa shape index (κ2) is 7.30. The molecule has 0 radical (unpaired) electrons. The molecule has 0 unspecified atom stereocenters. The first kappa shape index (κ1) is 17.0. The Labute approximate surface area is 140 Å². The average Bonchev–Trinajstić information content (AvgIpc) is 3.08. The van der Waals surface area contributed by atoms with Crippen molar-refractivity contribution in [2.45, 2.75) is 22.5 Å². The van der Waals surface area contributed by atoms with Gasteiger partial charge in [-0.05, 0) is 25.7 Å². The highest BCUT2D eigenvalue weighted by Gasteiger charge is 2.22. The smallest absolute Gasteiger partial charge is 0.339 e. The normalized spacial score (nSPS) is 10.7. The fourth-order valence-corrected chi connectivity index (χ4v) is 4.28. The van der Waals surface area contributed by atoms with Crippen LogP contribution in [0.1, 0.15) is 32.1 Å². The van der Waals surface area contributed by atoms with E-state index in [1.54, 1.807) is 13.8 Å². The van der Waals surface area contributed by atoms with Gasteiger partial charge in [0.25, 0.3) is 0 Å². The summed E-state index contributed by atoms with van der Waals surface area (Å²) in [5.41, 5.74) is 2.13. The minimum Gasteiger partial charge on any atom is -0.465 e. The maximum Gasteiger partial charge on any atom is 0.339 e. The van der Waals surface area contributed by atoms with E-state index in [-0.39, 0.29) is 11.5 Å². The maximum absolute atomic E-state index is 12.3. The number of nitrogens with one attached hydrogen (secondary N) is 1. The molecule has 6 nitrogen and oxygen atoms in total. The third kappa shape index (κ3) is 3.53. The van der Waals surface area contributed by atoms with E-state index in [4.69, 9.17) is 4.74 Å². The monoisotopic (exact) mass is 357 g/mol. The number of carbonyl (C=O) groups is 2. The van der Waals surface area contributed by atoms with Gasteiger partial charge < -0.3 is 9.72 Å². The second-order valence-electron chi connectivity index (χ2n) is 4.37. The zero-order valence-corrected chi connectivity index (χ0v) is 15.0. The van der Waals surface area contributed by atoms with Crippen molar-refractivity contribution >= 4 is 46.6 Å².